The number of benzene rings is 2. The summed E-state index contributed by atoms with van der Waals surface area (Å²) in [6, 6.07) is 9.55. The highest BCUT2D eigenvalue weighted by atomic mass is 19.1. The molecule has 2 aromatic carbocycles. The number of hydrogen-bond donors (Lipinski definition) is 1. The number of nitriles is 1. The fourth-order valence-corrected chi connectivity index (χ4v) is 3.31. The van der Waals surface area contributed by atoms with Crippen LogP contribution in [0.25, 0.3) is 11.8 Å². The number of nitrogens with one attached hydrogen (secondary N) is 1. The van der Waals surface area contributed by atoms with Crippen molar-refractivity contribution in [3.05, 3.63) is 71.8 Å². The van der Waals surface area contributed by atoms with Crippen LogP contribution in [0.15, 0.2) is 43.2 Å². The molecule has 0 saturated heterocycles. The summed E-state index contributed by atoms with van der Waals surface area (Å²) >= 11 is 0. The highest BCUT2D eigenvalue weighted by Gasteiger charge is 2.29. The van der Waals surface area contributed by atoms with Crippen LogP contribution in [0.2, 0.25) is 0 Å². The molecule has 1 aromatic heterocycles. The third-order valence-electron chi connectivity index (χ3n) is 4.97. The zero-order valence-electron chi connectivity index (χ0n) is 16.8. The number of imidazole rings is 1. The van der Waals surface area contributed by atoms with E-state index in [0.29, 0.717) is 23.5 Å². The number of para-hydroxylation sites is 2. The first-order valence-corrected chi connectivity index (χ1v) is 9.03. The Hall–Kier alpha value is -3.99. The minimum Gasteiger partial charge on any atom is -0.386 e. The van der Waals surface area contributed by atoms with Gasteiger partial charge in [-0.2, -0.15) is 9.83 Å². The number of hydrogen-bond acceptors (Lipinski definition) is 3. The summed E-state index contributed by atoms with van der Waals surface area (Å²) in [7, 11) is 3.43. The van der Waals surface area contributed by atoms with E-state index in [0.717, 1.165) is 10.6 Å². The van der Waals surface area contributed by atoms with Gasteiger partial charge < -0.3 is 5.32 Å². The second kappa shape index (κ2) is 8.17. The molecule has 0 spiro atoms. The number of amides is 1. The van der Waals surface area contributed by atoms with Crippen LogP contribution >= 0.6 is 0 Å². The Labute approximate surface area is 172 Å². The molecular formula is C22H20F2N5O+. The first kappa shape index (κ1) is 20.7. The van der Waals surface area contributed by atoms with Gasteiger partial charge in [0.15, 0.2) is 23.0 Å². The number of anilines is 3. The van der Waals surface area contributed by atoms with Crippen molar-refractivity contribution in [3.63, 3.8) is 0 Å². The van der Waals surface area contributed by atoms with E-state index in [1.54, 1.807) is 55.3 Å². The summed E-state index contributed by atoms with van der Waals surface area (Å²) in [6.07, 6.45) is 3.56. The van der Waals surface area contributed by atoms with Crippen molar-refractivity contribution in [2.75, 3.05) is 17.3 Å². The third-order valence-corrected chi connectivity index (χ3v) is 4.97. The Kier molecular flexibility index (Phi) is 5.65. The molecule has 0 atom stereocenters. The third kappa shape index (κ3) is 3.20. The largest absolute Gasteiger partial charge is 0.386 e. The molecule has 152 valence electrons. The highest BCUT2D eigenvalue weighted by molar-refractivity contribution is 5.92. The normalized spacial score (nSPS) is 10.4. The van der Waals surface area contributed by atoms with E-state index in [2.05, 4.69) is 11.9 Å². The van der Waals surface area contributed by atoms with E-state index < -0.39 is 17.2 Å². The molecule has 0 fully saturated rings. The number of carbonyl (C=O) groups is 1. The highest BCUT2D eigenvalue weighted by Crippen LogP contribution is 2.35. The average Bonchev–Trinajstić information content (AvgIpc) is 3.04. The average molecular weight is 408 g/mol. The molecule has 3 aromatic rings. The van der Waals surface area contributed by atoms with Crippen LogP contribution in [0.4, 0.5) is 25.8 Å². The Bertz CT molecular complexity index is 1190. The van der Waals surface area contributed by atoms with E-state index in [1.807, 2.05) is 6.92 Å². The summed E-state index contributed by atoms with van der Waals surface area (Å²) in [5, 5.41) is 12.4. The molecule has 0 unspecified atom stereocenters. The second-order valence-electron chi connectivity index (χ2n) is 6.54. The van der Waals surface area contributed by atoms with Gasteiger partial charge >= 0.3 is 0 Å². The van der Waals surface area contributed by atoms with Gasteiger partial charge in [-0.3, -0.25) is 9.69 Å². The SMILES string of the molecule is C=Cc1c(C)n(C)c[n+]1-c1cc(N(C=O)c2ccccc2NC)c(F)c(C#N)c1F. The summed E-state index contributed by atoms with van der Waals surface area (Å²) in [5.41, 5.74) is 1.19. The maximum absolute atomic E-state index is 15.1. The first-order valence-electron chi connectivity index (χ1n) is 9.03. The minimum atomic E-state index is -1.12. The van der Waals surface area contributed by atoms with Gasteiger partial charge in [0, 0.05) is 20.0 Å². The Morgan fingerprint density at radius 1 is 1.27 bits per heavy atom. The topological polar surface area (TPSA) is 64.9 Å². The lowest BCUT2D eigenvalue weighted by Crippen LogP contribution is -2.34. The molecule has 1 heterocycles. The number of halogens is 2. The summed E-state index contributed by atoms with van der Waals surface area (Å²) in [4.78, 5) is 13.0. The van der Waals surface area contributed by atoms with Gasteiger partial charge in [-0.25, -0.2) is 13.3 Å². The fourth-order valence-electron chi connectivity index (χ4n) is 3.31. The molecule has 30 heavy (non-hydrogen) atoms. The number of nitrogens with zero attached hydrogens (tertiary/aromatic N) is 4. The monoisotopic (exact) mass is 408 g/mol. The van der Waals surface area contributed by atoms with Crippen LogP contribution in [-0.2, 0) is 11.8 Å². The second-order valence-corrected chi connectivity index (χ2v) is 6.54. The van der Waals surface area contributed by atoms with E-state index in [9.17, 15) is 10.1 Å². The van der Waals surface area contributed by atoms with E-state index in [1.165, 1.54) is 16.7 Å². The molecular weight excluding hydrogens is 388 g/mol. The summed E-state index contributed by atoms with van der Waals surface area (Å²) in [6.45, 7) is 5.58. The van der Waals surface area contributed by atoms with Crippen molar-refractivity contribution in [2.24, 2.45) is 7.05 Å². The Morgan fingerprint density at radius 3 is 2.57 bits per heavy atom. The Balaban J connectivity index is 2.36. The zero-order chi connectivity index (χ0) is 22.0. The maximum atomic E-state index is 15.1. The smallest absolute Gasteiger partial charge is 0.249 e. The number of aryl methyl sites for hydroxylation is 1. The van der Waals surface area contributed by atoms with Gasteiger partial charge in [0.05, 0.1) is 24.1 Å². The van der Waals surface area contributed by atoms with Gasteiger partial charge in [-0.1, -0.05) is 18.7 Å². The van der Waals surface area contributed by atoms with Crippen molar-refractivity contribution in [1.29, 1.82) is 5.26 Å². The number of aromatic nitrogens is 2. The van der Waals surface area contributed by atoms with Crippen molar-refractivity contribution in [3.8, 4) is 11.8 Å². The molecule has 0 aliphatic rings. The molecule has 0 aliphatic carbocycles. The van der Waals surface area contributed by atoms with Crippen LogP contribution in [0.5, 0.6) is 0 Å². The lowest BCUT2D eigenvalue weighted by Gasteiger charge is -2.22. The van der Waals surface area contributed by atoms with Gasteiger partial charge in [0.2, 0.25) is 12.7 Å². The van der Waals surface area contributed by atoms with E-state index >= 15 is 8.78 Å². The molecule has 0 bridgehead atoms. The predicted octanol–water partition coefficient (Wildman–Crippen LogP) is 3.74. The summed E-state index contributed by atoms with van der Waals surface area (Å²) < 4.78 is 33.5. The molecule has 3 rings (SSSR count). The van der Waals surface area contributed by atoms with Gasteiger partial charge in [-0.05, 0) is 18.2 Å². The molecule has 6 nitrogen and oxygen atoms in total. The van der Waals surface area contributed by atoms with E-state index in [4.69, 9.17) is 0 Å². The van der Waals surface area contributed by atoms with Crippen LogP contribution in [0.3, 0.4) is 0 Å². The lowest BCUT2D eigenvalue weighted by molar-refractivity contribution is -0.599. The number of rotatable bonds is 6. The molecule has 0 radical (unpaired) electrons. The molecule has 8 heteroatoms. The number of carbonyl (C=O) groups excluding carboxylic acids is 1. The molecule has 0 aliphatic heterocycles. The Morgan fingerprint density at radius 2 is 1.97 bits per heavy atom. The zero-order valence-corrected chi connectivity index (χ0v) is 16.8. The molecule has 1 N–H and O–H groups in total. The standard InChI is InChI=1S/C22H20F2N5O/c1-5-17-14(2)27(4)12-28(17)19-10-20(22(24)15(11-25)21(19)23)29(13-30)18-9-7-6-8-16(18)26-3/h5-10,12-13,26H,1H2,2-4H3/q+1. The first-order chi connectivity index (χ1) is 14.4. The van der Waals surface area contributed by atoms with Crippen LogP contribution in [-0.4, -0.2) is 18.0 Å². The van der Waals surface area contributed by atoms with Crippen LogP contribution in [0.1, 0.15) is 17.0 Å². The lowest BCUT2D eigenvalue weighted by atomic mass is 10.1. The van der Waals surface area contributed by atoms with Crippen molar-refractivity contribution < 1.29 is 18.1 Å². The predicted molar refractivity (Wildman–Crippen MR) is 111 cm³/mol. The molecule has 0 saturated carbocycles. The van der Waals surface area contributed by atoms with Crippen molar-refractivity contribution in [1.82, 2.24) is 4.57 Å². The van der Waals surface area contributed by atoms with Crippen molar-refractivity contribution >= 4 is 29.5 Å². The van der Waals surface area contributed by atoms with Crippen LogP contribution < -0.4 is 14.8 Å². The minimum absolute atomic E-state index is 0.0738. The van der Waals surface area contributed by atoms with Crippen LogP contribution in [0, 0.1) is 29.9 Å². The van der Waals surface area contributed by atoms with Gasteiger partial charge in [0.25, 0.3) is 0 Å². The fraction of sp³-hybridized carbons (Fsp3) is 0.136. The summed E-state index contributed by atoms with van der Waals surface area (Å²) in [5.74, 6) is -2.14. The molecule has 1 amide bonds. The van der Waals surface area contributed by atoms with Gasteiger partial charge in [-0.15, -0.1) is 0 Å². The van der Waals surface area contributed by atoms with Crippen molar-refractivity contribution in [2.45, 2.75) is 6.92 Å². The quantitative estimate of drug-likeness (QED) is 0.499. The van der Waals surface area contributed by atoms with E-state index in [-0.39, 0.29) is 11.4 Å². The maximum Gasteiger partial charge on any atom is 0.249 e. The van der Waals surface area contributed by atoms with Gasteiger partial charge in [0.1, 0.15) is 17.3 Å².